The van der Waals surface area contributed by atoms with Gasteiger partial charge in [-0.05, 0) is 18.6 Å². The molecule has 1 amide bonds. The number of amides is 1. The van der Waals surface area contributed by atoms with Crippen molar-refractivity contribution in [2.45, 2.75) is 13.8 Å². The second-order valence-corrected chi connectivity index (χ2v) is 2.98. The summed E-state index contributed by atoms with van der Waals surface area (Å²) in [5.41, 5.74) is 1.11. The van der Waals surface area contributed by atoms with Crippen molar-refractivity contribution in [2.24, 2.45) is 0 Å². The smallest absolute Gasteiger partial charge is 0.338 e. The van der Waals surface area contributed by atoms with Gasteiger partial charge in [-0.3, -0.25) is 4.79 Å². The Morgan fingerprint density at radius 2 is 2.00 bits per heavy atom. The molecule has 0 saturated heterocycles. The van der Waals surface area contributed by atoms with Gasteiger partial charge in [0.1, 0.15) is 0 Å². The fourth-order valence-corrected chi connectivity index (χ4v) is 1.25. The van der Waals surface area contributed by atoms with E-state index in [4.69, 9.17) is 5.11 Å². The molecule has 74 valence electrons. The molecule has 4 nitrogen and oxygen atoms in total. The summed E-state index contributed by atoms with van der Waals surface area (Å²) >= 11 is 0. The van der Waals surface area contributed by atoms with E-state index in [1.54, 1.807) is 25.1 Å². The van der Waals surface area contributed by atoms with Crippen molar-refractivity contribution in [3.63, 3.8) is 0 Å². The van der Waals surface area contributed by atoms with Crippen LogP contribution in [0.4, 0.5) is 5.69 Å². The number of carboxylic acid groups (broad SMARTS) is 1. The average molecular weight is 193 g/mol. The van der Waals surface area contributed by atoms with Gasteiger partial charge in [-0.1, -0.05) is 12.1 Å². The van der Waals surface area contributed by atoms with Crippen LogP contribution < -0.4 is 5.32 Å². The molecule has 0 heterocycles. The molecule has 0 spiro atoms. The number of aryl methyl sites for hydroxylation is 1. The van der Waals surface area contributed by atoms with Crippen molar-refractivity contribution < 1.29 is 14.7 Å². The first-order valence-corrected chi connectivity index (χ1v) is 4.13. The van der Waals surface area contributed by atoms with Crippen LogP contribution in [0.15, 0.2) is 18.2 Å². The van der Waals surface area contributed by atoms with Crippen LogP contribution in [0.5, 0.6) is 0 Å². The number of benzene rings is 1. The van der Waals surface area contributed by atoms with Gasteiger partial charge in [0.05, 0.1) is 11.3 Å². The van der Waals surface area contributed by atoms with Crippen molar-refractivity contribution in [2.75, 3.05) is 5.32 Å². The van der Waals surface area contributed by atoms with Crippen LogP contribution >= 0.6 is 0 Å². The van der Waals surface area contributed by atoms with E-state index < -0.39 is 5.97 Å². The largest absolute Gasteiger partial charge is 0.478 e. The fraction of sp³-hybridized carbons (Fsp3) is 0.200. The van der Waals surface area contributed by atoms with Gasteiger partial charge >= 0.3 is 5.97 Å². The summed E-state index contributed by atoms with van der Waals surface area (Å²) in [6.45, 7) is 3.03. The van der Waals surface area contributed by atoms with Gasteiger partial charge in [0.15, 0.2) is 0 Å². The normalized spacial score (nSPS) is 9.57. The van der Waals surface area contributed by atoms with E-state index in [1.807, 2.05) is 0 Å². The van der Waals surface area contributed by atoms with Gasteiger partial charge in [-0.25, -0.2) is 4.79 Å². The van der Waals surface area contributed by atoms with Gasteiger partial charge in [-0.2, -0.15) is 0 Å². The molecule has 0 fully saturated rings. The van der Waals surface area contributed by atoms with Crippen LogP contribution in [-0.4, -0.2) is 17.0 Å². The van der Waals surface area contributed by atoms with E-state index >= 15 is 0 Å². The van der Waals surface area contributed by atoms with Crippen LogP contribution in [-0.2, 0) is 4.79 Å². The summed E-state index contributed by atoms with van der Waals surface area (Å²) in [4.78, 5) is 21.7. The predicted molar refractivity (Wildman–Crippen MR) is 52.4 cm³/mol. The maximum absolute atomic E-state index is 10.9. The molecule has 0 atom stereocenters. The maximum Gasteiger partial charge on any atom is 0.338 e. The number of hydrogen-bond acceptors (Lipinski definition) is 2. The zero-order chi connectivity index (χ0) is 10.7. The molecule has 1 aromatic rings. The lowest BCUT2D eigenvalue weighted by molar-refractivity contribution is -0.114. The average Bonchev–Trinajstić information content (AvgIpc) is 2.01. The summed E-state index contributed by atoms with van der Waals surface area (Å²) in [5, 5.41) is 11.4. The maximum atomic E-state index is 10.9. The lowest BCUT2D eigenvalue weighted by atomic mass is 10.1. The van der Waals surface area contributed by atoms with Crippen molar-refractivity contribution in [3.8, 4) is 0 Å². The molecular formula is C10H11NO3. The standard InChI is InChI=1S/C10H11NO3/c1-6-4-3-5-8(11-7(2)12)9(6)10(13)14/h3-5H,1-2H3,(H,11,12)(H,13,14). The highest BCUT2D eigenvalue weighted by Gasteiger charge is 2.12. The fourth-order valence-electron chi connectivity index (χ4n) is 1.25. The number of rotatable bonds is 2. The van der Waals surface area contributed by atoms with Gasteiger partial charge < -0.3 is 10.4 Å². The molecule has 0 aliphatic carbocycles. The third-order valence-corrected chi connectivity index (χ3v) is 1.80. The second kappa shape index (κ2) is 3.91. The third-order valence-electron chi connectivity index (χ3n) is 1.80. The Morgan fingerprint density at radius 1 is 1.36 bits per heavy atom. The van der Waals surface area contributed by atoms with Gasteiger partial charge in [0.2, 0.25) is 5.91 Å². The summed E-state index contributed by atoms with van der Waals surface area (Å²) in [6, 6.07) is 4.96. The zero-order valence-corrected chi connectivity index (χ0v) is 8.00. The molecular weight excluding hydrogens is 182 g/mol. The van der Waals surface area contributed by atoms with Crippen molar-refractivity contribution in [1.82, 2.24) is 0 Å². The van der Waals surface area contributed by atoms with E-state index in [0.717, 1.165) is 0 Å². The van der Waals surface area contributed by atoms with Crippen LogP contribution in [0, 0.1) is 6.92 Å². The molecule has 0 aliphatic rings. The van der Waals surface area contributed by atoms with Gasteiger partial charge in [0, 0.05) is 6.92 Å². The summed E-state index contributed by atoms with van der Waals surface area (Å²) < 4.78 is 0. The first-order chi connectivity index (χ1) is 6.52. The molecule has 0 bridgehead atoms. The number of hydrogen-bond donors (Lipinski definition) is 2. The lowest BCUT2D eigenvalue weighted by Crippen LogP contribution is -2.11. The SMILES string of the molecule is CC(=O)Nc1cccc(C)c1C(=O)O. The van der Waals surface area contributed by atoms with Gasteiger partial charge in [-0.15, -0.1) is 0 Å². The van der Waals surface area contributed by atoms with Gasteiger partial charge in [0.25, 0.3) is 0 Å². The number of nitrogens with one attached hydrogen (secondary N) is 1. The Hall–Kier alpha value is -1.84. The predicted octanol–water partition coefficient (Wildman–Crippen LogP) is 1.65. The van der Waals surface area contributed by atoms with Crippen LogP contribution in [0.1, 0.15) is 22.8 Å². The topological polar surface area (TPSA) is 66.4 Å². The lowest BCUT2D eigenvalue weighted by Gasteiger charge is -2.08. The Labute approximate surface area is 81.6 Å². The Morgan fingerprint density at radius 3 is 2.50 bits per heavy atom. The molecule has 0 aliphatic heterocycles. The molecule has 14 heavy (non-hydrogen) atoms. The molecule has 0 unspecified atom stereocenters. The highest BCUT2D eigenvalue weighted by molar-refractivity contribution is 6.00. The number of anilines is 1. The van der Waals surface area contributed by atoms with Crippen molar-refractivity contribution >= 4 is 17.6 Å². The molecule has 0 radical (unpaired) electrons. The van der Waals surface area contributed by atoms with E-state index in [2.05, 4.69) is 5.32 Å². The van der Waals surface area contributed by atoms with Crippen LogP contribution in [0.25, 0.3) is 0 Å². The highest BCUT2D eigenvalue weighted by Crippen LogP contribution is 2.19. The molecule has 1 aromatic carbocycles. The molecule has 0 saturated carbocycles. The molecule has 0 aromatic heterocycles. The minimum atomic E-state index is -1.04. The van der Waals surface area contributed by atoms with Crippen molar-refractivity contribution in [1.29, 1.82) is 0 Å². The van der Waals surface area contributed by atoms with E-state index in [1.165, 1.54) is 6.92 Å². The number of aromatic carboxylic acids is 1. The Balaban J connectivity index is 3.21. The zero-order valence-electron chi connectivity index (χ0n) is 8.00. The van der Waals surface area contributed by atoms with Crippen LogP contribution in [0.2, 0.25) is 0 Å². The minimum absolute atomic E-state index is 0.141. The molecule has 1 rings (SSSR count). The third kappa shape index (κ3) is 2.10. The number of carboxylic acids is 1. The second-order valence-electron chi connectivity index (χ2n) is 2.98. The van der Waals surface area contributed by atoms with Crippen molar-refractivity contribution in [3.05, 3.63) is 29.3 Å². The number of carbonyl (C=O) groups is 2. The monoisotopic (exact) mass is 193 g/mol. The quantitative estimate of drug-likeness (QED) is 0.750. The summed E-state index contributed by atoms with van der Waals surface area (Å²) in [7, 11) is 0. The Kier molecular flexibility index (Phi) is 2.86. The van der Waals surface area contributed by atoms with E-state index in [0.29, 0.717) is 11.3 Å². The minimum Gasteiger partial charge on any atom is -0.478 e. The Bertz CT molecular complexity index is 385. The highest BCUT2D eigenvalue weighted by atomic mass is 16.4. The summed E-state index contributed by atoms with van der Waals surface area (Å²) in [5.74, 6) is -1.31. The number of carbonyl (C=O) groups excluding carboxylic acids is 1. The van der Waals surface area contributed by atoms with E-state index in [-0.39, 0.29) is 11.5 Å². The molecule has 4 heteroatoms. The van der Waals surface area contributed by atoms with E-state index in [9.17, 15) is 9.59 Å². The molecule has 2 N–H and O–H groups in total. The first-order valence-electron chi connectivity index (χ1n) is 4.13. The summed E-state index contributed by atoms with van der Waals surface area (Å²) in [6.07, 6.45) is 0. The first kappa shape index (κ1) is 10.2. The van der Waals surface area contributed by atoms with Crippen LogP contribution in [0.3, 0.4) is 0 Å².